The topological polar surface area (TPSA) is 60.0 Å². The van der Waals surface area contributed by atoms with Crippen LogP contribution in [0, 0.1) is 6.65 Å². The largest absolute Gasteiger partial charge is 0.0622 e. The van der Waals surface area contributed by atoms with E-state index in [1.165, 1.54) is 29.8 Å². The summed E-state index contributed by atoms with van der Waals surface area (Å²) in [5.41, 5.74) is 0. The number of rotatable bonds is 4. The summed E-state index contributed by atoms with van der Waals surface area (Å²) in [6.45, 7) is 7.20. The molecule has 0 amide bonds. The number of benzene rings is 3. The fourth-order valence-electron chi connectivity index (χ4n) is 2.46. The van der Waals surface area contributed by atoms with E-state index in [-0.39, 0.29) is 31.0 Å². The molecule has 0 atom stereocenters. The second-order valence-electron chi connectivity index (χ2n) is 5.71. The van der Waals surface area contributed by atoms with Gasteiger partial charge in [0.1, 0.15) is 0 Å². The summed E-state index contributed by atoms with van der Waals surface area (Å²) in [5, 5.41) is 14.2. The summed E-state index contributed by atoms with van der Waals surface area (Å²) in [6.07, 6.45) is 1.06. The predicted octanol–water partition coefficient (Wildman–Crippen LogP) is 3.24. The maximum absolute atomic E-state index is 9.98. The Balaban J connectivity index is 0.000000675. The van der Waals surface area contributed by atoms with Gasteiger partial charge < -0.3 is 5.11 Å². The minimum Gasteiger partial charge on any atom is -0.0622 e. The van der Waals surface area contributed by atoms with Crippen LogP contribution in [0.4, 0.5) is 0 Å². The Bertz CT molecular complexity index is 781. The van der Waals surface area contributed by atoms with Gasteiger partial charge in [-0.05, 0) is 36.8 Å². The van der Waals surface area contributed by atoms with Crippen LogP contribution in [0.2, 0.25) is 0 Å². The van der Waals surface area contributed by atoms with Crippen molar-refractivity contribution in [3.05, 3.63) is 109 Å². The summed E-state index contributed by atoms with van der Waals surface area (Å²) in [5.74, 6) is -0.375. The SMILES string of the molecule is CC(=O)C=C(C)[O-].[C-]#[O+].[Rh].c1ccc(P(c2ccccc2)c2ccccc2)cc1. The first-order chi connectivity index (χ1) is 13.6. The summed E-state index contributed by atoms with van der Waals surface area (Å²) in [6, 6.07) is 32.3. The van der Waals surface area contributed by atoms with E-state index in [1.807, 2.05) is 0 Å². The molecule has 0 bridgehead atoms. The number of allylic oxidation sites excluding steroid dienone is 2. The third kappa shape index (κ3) is 10.1. The van der Waals surface area contributed by atoms with Crippen LogP contribution >= 0.6 is 7.92 Å². The minimum absolute atomic E-state index is 0. The predicted molar refractivity (Wildman–Crippen MR) is 114 cm³/mol. The van der Waals surface area contributed by atoms with Crippen LogP contribution in [-0.2, 0) is 28.9 Å². The Labute approximate surface area is 186 Å². The summed E-state index contributed by atoms with van der Waals surface area (Å²) < 4.78 is 7.50. The second kappa shape index (κ2) is 15.6. The molecule has 0 spiro atoms. The first-order valence-electron chi connectivity index (χ1n) is 8.59. The molecule has 0 unspecified atom stereocenters. The molecule has 0 saturated carbocycles. The van der Waals surface area contributed by atoms with E-state index in [9.17, 15) is 9.90 Å². The van der Waals surface area contributed by atoms with Gasteiger partial charge in [-0.1, -0.05) is 97.9 Å². The third-order valence-corrected chi connectivity index (χ3v) is 5.89. The van der Waals surface area contributed by atoms with Gasteiger partial charge in [0, 0.05) is 19.5 Å². The second-order valence-corrected chi connectivity index (χ2v) is 7.93. The zero-order chi connectivity index (χ0) is 20.8. The summed E-state index contributed by atoms with van der Waals surface area (Å²) >= 11 is 0. The number of carbonyl (C=O) groups excluding carboxylic acids is 1. The number of hydrogen-bond acceptors (Lipinski definition) is 2. The molecule has 0 N–H and O–H groups in total. The molecule has 3 nitrogen and oxygen atoms in total. The molecule has 29 heavy (non-hydrogen) atoms. The van der Waals surface area contributed by atoms with E-state index in [4.69, 9.17) is 4.65 Å². The Kier molecular flexibility index (Phi) is 14.3. The van der Waals surface area contributed by atoms with Crippen LogP contribution in [0.3, 0.4) is 0 Å². The fraction of sp³-hybridized carbons (Fsp3) is 0.0833. The average Bonchev–Trinajstić information content (AvgIpc) is 2.72. The van der Waals surface area contributed by atoms with Gasteiger partial charge in [-0.3, -0.25) is 4.79 Å². The summed E-state index contributed by atoms with van der Waals surface area (Å²) in [4.78, 5) is 9.98. The smallest absolute Gasteiger partial charge is 0 e. The van der Waals surface area contributed by atoms with Gasteiger partial charge in [0.25, 0.3) is 0 Å². The first-order valence-corrected chi connectivity index (χ1v) is 9.93. The molecule has 3 rings (SSSR count). The van der Waals surface area contributed by atoms with Gasteiger partial charge in [0.2, 0.25) is 0 Å². The van der Waals surface area contributed by atoms with Crippen LogP contribution in [0.15, 0.2) is 103 Å². The van der Waals surface area contributed by atoms with Crippen molar-refractivity contribution in [1.82, 2.24) is 0 Å². The standard InChI is InChI=1S/C18H15P.C5H8O2.CO.Rh/c1-4-10-16(11-5-1)19(17-12-6-2-7-13-17)18-14-8-3-9-15-18;1-4(6)3-5(2)7;1-2;/h1-15H;3,6H,1-2H3;;/p-1. The van der Waals surface area contributed by atoms with Gasteiger partial charge in [-0.2, -0.15) is 0 Å². The van der Waals surface area contributed by atoms with Crippen LogP contribution in [0.1, 0.15) is 13.8 Å². The van der Waals surface area contributed by atoms with Crippen molar-refractivity contribution < 1.29 is 34.0 Å². The van der Waals surface area contributed by atoms with E-state index < -0.39 is 7.92 Å². The van der Waals surface area contributed by atoms with E-state index in [2.05, 4.69) is 97.6 Å². The number of ketones is 1. The zero-order valence-corrected chi connectivity index (χ0v) is 18.8. The van der Waals surface area contributed by atoms with Gasteiger partial charge in [-0.15, -0.1) is 5.76 Å². The maximum atomic E-state index is 9.98. The first kappa shape index (κ1) is 26.7. The van der Waals surface area contributed by atoms with Crippen LogP contribution in [0.25, 0.3) is 0 Å². The molecule has 0 aliphatic carbocycles. The number of carbonyl (C=O) groups is 1. The van der Waals surface area contributed by atoms with Crippen molar-refractivity contribution in [2.75, 3.05) is 0 Å². The molecule has 0 fully saturated rings. The molecule has 1 radical (unpaired) electrons. The molecule has 3 aromatic rings. The molecule has 0 aliphatic heterocycles. The Morgan fingerprint density at radius 1 is 0.759 bits per heavy atom. The van der Waals surface area contributed by atoms with E-state index in [0.29, 0.717) is 0 Å². The number of hydrogen-bond donors (Lipinski definition) is 0. The van der Waals surface area contributed by atoms with Crippen molar-refractivity contribution >= 4 is 29.6 Å². The normalized spacial score (nSPS) is 9.76. The van der Waals surface area contributed by atoms with Crippen LogP contribution < -0.4 is 21.0 Å². The van der Waals surface area contributed by atoms with Gasteiger partial charge >= 0.3 is 11.3 Å². The third-order valence-electron chi connectivity index (χ3n) is 3.45. The van der Waals surface area contributed by atoms with Gasteiger partial charge in [0.15, 0.2) is 5.78 Å². The molecule has 0 heterocycles. The van der Waals surface area contributed by atoms with Crippen molar-refractivity contribution in [2.45, 2.75) is 13.8 Å². The van der Waals surface area contributed by atoms with E-state index >= 15 is 0 Å². The van der Waals surface area contributed by atoms with Crippen molar-refractivity contribution in [3.8, 4) is 0 Å². The van der Waals surface area contributed by atoms with Gasteiger partial charge in [-0.25, -0.2) is 0 Å². The molecule has 0 aromatic heterocycles. The van der Waals surface area contributed by atoms with Crippen molar-refractivity contribution in [3.63, 3.8) is 0 Å². The molecule has 3 aromatic carbocycles. The molecule has 0 aliphatic rings. The van der Waals surface area contributed by atoms with E-state index in [0.717, 1.165) is 6.08 Å². The summed E-state index contributed by atoms with van der Waals surface area (Å²) in [7, 11) is -0.446. The minimum atomic E-state index is -0.446. The Morgan fingerprint density at radius 2 is 1.03 bits per heavy atom. The average molecular weight is 492 g/mol. The Hall–Kier alpha value is -2.34. The zero-order valence-electron chi connectivity index (χ0n) is 16.2. The monoisotopic (exact) mass is 492 g/mol. The molecular weight excluding hydrogens is 470 g/mol. The molecular formula is C24H22O3PRh-. The maximum Gasteiger partial charge on any atom is 0 e. The fourth-order valence-corrected chi connectivity index (χ4v) is 4.77. The van der Waals surface area contributed by atoms with Crippen LogP contribution in [0.5, 0.6) is 0 Å². The quantitative estimate of drug-likeness (QED) is 0.140. The van der Waals surface area contributed by atoms with Crippen molar-refractivity contribution in [2.24, 2.45) is 0 Å². The molecule has 5 heteroatoms. The molecule has 0 saturated heterocycles. The van der Waals surface area contributed by atoms with Gasteiger partial charge in [0.05, 0.1) is 0 Å². The van der Waals surface area contributed by atoms with Crippen molar-refractivity contribution in [1.29, 1.82) is 0 Å². The van der Waals surface area contributed by atoms with Crippen LogP contribution in [-0.4, -0.2) is 5.78 Å². The van der Waals surface area contributed by atoms with E-state index in [1.54, 1.807) is 0 Å². The Morgan fingerprint density at radius 3 is 1.21 bits per heavy atom. The molecule has 151 valence electrons.